The molecule has 1 unspecified atom stereocenters. The highest BCUT2D eigenvalue weighted by molar-refractivity contribution is 5.04. The molecule has 0 aliphatic heterocycles. The molecule has 0 spiro atoms. The maximum Gasteiger partial charge on any atom is 0.0947 e. The van der Waals surface area contributed by atoms with Crippen molar-refractivity contribution in [2.24, 2.45) is 11.7 Å². The fraction of sp³-hybridized carbons (Fsp3) is 0.667. The Morgan fingerprint density at radius 3 is 2.87 bits per heavy atom. The van der Waals surface area contributed by atoms with Crippen LogP contribution in [-0.2, 0) is 6.54 Å². The molecule has 1 aromatic heterocycles. The third-order valence-electron chi connectivity index (χ3n) is 2.86. The smallest absolute Gasteiger partial charge is 0.0947 e. The molecule has 0 saturated carbocycles. The van der Waals surface area contributed by atoms with E-state index in [0.717, 1.165) is 19.6 Å². The third kappa shape index (κ3) is 4.49. The molecule has 3 nitrogen and oxygen atoms in total. The van der Waals surface area contributed by atoms with E-state index < -0.39 is 0 Å². The highest BCUT2D eigenvalue weighted by Gasteiger charge is 2.06. The van der Waals surface area contributed by atoms with E-state index in [1.54, 1.807) is 12.5 Å². The molecule has 0 aromatic carbocycles. The lowest BCUT2D eigenvalue weighted by molar-refractivity contribution is 0.291. The van der Waals surface area contributed by atoms with Crippen molar-refractivity contribution >= 4 is 0 Å². The molecule has 0 radical (unpaired) electrons. The van der Waals surface area contributed by atoms with Crippen molar-refractivity contribution in [3.8, 4) is 0 Å². The van der Waals surface area contributed by atoms with Crippen LogP contribution in [0.4, 0.5) is 0 Å². The molecule has 86 valence electrons. The summed E-state index contributed by atoms with van der Waals surface area (Å²) >= 11 is 0. The van der Waals surface area contributed by atoms with Gasteiger partial charge in [-0.05, 0) is 38.5 Å². The van der Waals surface area contributed by atoms with Crippen molar-refractivity contribution in [2.75, 3.05) is 20.1 Å². The van der Waals surface area contributed by atoms with E-state index in [4.69, 9.17) is 10.2 Å². The van der Waals surface area contributed by atoms with Gasteiger partial charge in [0.2, 0.25) is 0 Å². The number of nitrogens with zero attached hydrogens (tertiary/aromatic N) is 1. The lowest BCUT2D eigenvalue weighted by Gasteiger charge is -2.19. The monoisotopic (exact) mass is 210 g/mol. The highest BCUT2D eigenvalue weighted by atomic mass is 16.3. The van der Waals surface area contributed by atoms with Crippen molar-refractivity contribution in [3.63, 3.8) is 0 Å². The van der Waals surface area contributed by atoms with Gasteiger partial charge < -0.3 is 15.1 Å². The summed E-state index contributed by atoms with van der Waals surface area (Å²) in [4.78, 5) is 2.31. The van der Waals surface area contributed by atoms with Crippen LogP contribution in [-0.4, -0.2) is 25.0 Å². The van der Waals surface area contributed by atoms with Gasteiger partial charge in [0.05, 0.1) is 12.5 Å². The number of nitrogens with two attached hydrogens (primary N) is 1. The lowest BCUT2D eigenvalue weighted by atomic mass is 10.0. The molecule has 0 fully saturated rings. The second-order valence-electron chi connectivity index (χ2n) is 4.17. The van der Waals surface area contributed by atoms with Crippen molar-refractivity contribution in [3.05, 3.63) is 24.2 Å². The van der Waals surface area contributed by atoms with Gasteiger partial charge in [0, 0.05) is 12.1 Å². The molecule has 1 rings (SSSR count). The molecular formula is C12H22N2O. The van der Waals surface area contributed by atoms with Crippen LogP contribution in [0.3, 0.4) is 0 Å². The summed E-state index contributed by atoms with van der Waals surface area (Å²) in [6.07, 6.45) is 5.88. The summed E-state index contributed by atoms with van der Waals surface area (Å²) in [6.45, 7) is 5.06. The first kappa shape index (κ1) is 12.3. The van der Waals surface area contributed by atoms with E-state index in [0.29, 0.717) is 5.92 Å². The van der Waals surface area contributed by atoms with Gasteiger partial charge >= 0.3 is 0 Å². The summed E-state index contributed by atoms with van der Waals surface area (Å²) in [5.41, 5.74) is 6.91. The van der Waals surface area contributed by atoms with Crippen LogP contribution in [0, 0.1) is 5.92 Å². The Morgan fingerprint density at radius 2 is 2.33 bits per heavy atom. The van der Waals surface area contributed by atoms with Gasteiger partial charge in [0.25, 0.3) is 0 Å². The first-order valence-electron chi connectivity index (χ1n) is 5.66. The summed E-state index contributed by atoms with van der Waals surface area (Å²) in [5, 5.41) is 0. The van der Waals surface area contributed by atoms with Crippen LogP contribution in [0.5, 0.6) is 0 Å². The average Bonchev–Trinajstić information content (AvgIpc) is 2.72. The molecular weight excluding hydrogens is 188 g/mol. The topological polar surface area (TPSA) is 42.4 Å². The Hall–Kier alpha value is -0.800. The van der Waals surface area contributed by atoms with Gasteiger partial charge in [-0.25, -0.2) is 0 Å². The van der Waals surface area contributed by atoms with Gasteiger partial charge in [-0.3, -0.25) is 0 Å². The quantitative estimate of drug-likeness (QED) is 0.749. The fourth-order valence-electron chi connectivity index (χ4n) is 1.66. The molecule has 1 aromatic rings. The van der Waals surface area contributed by atoms with E-state index in [1.165, 1.54) is 18.4 Å². The van der Waals surface area contributed by atoms with Crippen molar-refractivity contribution in [1.82, 2.24) is 4.90 Å². The maximum absolute atomic E-state index is 5.67. The Balaban J connectivity index is 2.21. The molecule has 0 amide bonds. The van der Waals surface area contributed by atoms with E-state index in [9.17, 15) is 0 Å². The lowest BCUT2D eigenvalue weighted by Crippen LogP contribution is -2.23. The van der Waals surface area contributed by atoms with Crippen molar-refractivity contribution in [1.29, 1.82) is 0 Å². The van der Waals surface area contributed by atoms with Crippen LogP contribution >= 0.6 is 0 Å². The summed E-state index contributed by atoms with van der Waals surface area (Å²) in [7, 11) is 2.14. The Kier molecular flexibility index (Phi) is 5.43. The van der Waals surface area contributed by atoms with Crippen LogP contribution in [0.2, 0.25) is 0 Å². The first-order valence-corrected chi connectivity index (χ1v) is 5.66. The zero-order chi connectivity index (χ0) is 11.1. The molecule has 0 saturated heterocycles. The molecule has 0 aliphatic carbocycles. The van der Waals surface area contributed by atoms with Crippen LogP contribution in [0.1, 0.15) is 25.3 Å². The fourth-order valence-corrected chi connectivity index (χ4v) is 1.66. The number of hydrogen-bond donors (Lipinski definition) is 1. The predicted octanol–water partition coefficient (Wildman–Crippen LogP) is 2.09. The van der Waals surface area contributed by atoms with Gasteiger partial charge in [0.1, 0.15) is 0 Å². The van der Waals surface area contributed by atoms with Crippen molar-refractivity contribution in [2.45, 2.75) is 26.3 Å². The van der Waals surface area contributed by atoms with Gasteiger partial charge in [-0.1, -0.05) is 13.3 Å². The Bertz CT molecular complexity index is 242. The Morgan fingerprint density at radius 1 is 1.53 bits per heavy atom. The average molecular weight is 210 g/mol. The summed E-state index contributed by atoms with van der Waals surface area (Å²) in [6, 6.07) is 2.01. The molecule has 3 heteroatoms. The second-order valence-corrected chi connectivity index (χ2v) is 4.17. The minimum Gasteiger partial charge on any atom is -0.472 e. The van der Waals surface area contributed by atoms with E-state index in [-0.39, 0.29) is 0 Å². The van der Waals surface area contributed by atoms with E-state index >= 15 is 0 Å². The minimum absolute atomic E-state index is 0.664. The Labute approximate surface area is 92.2 Å². The van der Waals surface area contributed by atoms with Gasteiger partial charge in [-0.2, -0.15) is 0 Å². The standard InChI is InChI=1S/C12H22N2O/c1-3-11(8-13)4-6-14(2)9-12-5-7-15-10-12/h5,7,10-11H,3-4,6,8-9,13H2,1-2H3. The highest BCUT2D eigenvalue weighted by Crippen LogP contribution is 2.09. The molecule has 1 atom stereocenters. The SMILES string of the molecule is CCC(CN)CCN(C)Cc1ccoc1. The minimum atomic E-state index is 0.664. The maximum atomic E-state index is 5.67. The second kappa shape index (κ2) is 6.64. The van der Waals surface area contributed by atoms with E-state index in [2.05, 4.69) is 18.9 Å². The predicted molar refractivity (Wildman–Crippen MR) is 62.5 cm³/mol. The third-order valence-corrected chi connectivity index (χ3v) is 2.86. The van der Waals surface area contributed by atoms with Crippen LogP contribution in [0.15, 0.2) is 23.0 Å². The molecule has 0 bridgehead atoms. The summed E-state index contributed by atoms with van der Waals surface area (Å²) in [5.74, 6) is 0.664. The number of furan rings is 1. The molecule has 0 aliphatic rings. The van der Waals surface area contributed by atoms with Crippen molar-refractivity contribution < 1.29 is 4.42 Å². The molecule has 1 heterocycles. The zero-order valence-electron chi connectivity index (χ0n) is 9.78. The zero-order valence-corrected chi connectivity index (χ0v) is 9.78. The van der Waals surface area contributed by atoms with Crippen LogP contribution < -0.4 is 5.73 Å². The van der Waals surface area contributed by atoms with Crippen LogP contribution in [0.25, 0.3) is 0 Å². The molecule has 2 N–H and O–H groups in total. The van der Waals surface area contributed by atoms with Gasteiger partial charge in [0.15, 0.2) is 0 Å². The largest absolute Gasteiger partial charge is 0.472 e. The number of rotatable bonds is 7. The van der Waals surface area contributed by atoms with Gasteiger partial charge in [-0.15, -0.1) is 0 Å². The number of hydrogen-bond acceptors (Lipinski definition) is 3. The van der Waals surface area contributed by atoms with E-state index in [1.807, 2.05) is 6.07 Å². The normalized spacial score (nSPS) is 13.3. The first-order chi connectivity index (χ1) is 7.26. The summed E-state index contributed by atoms with van der Waals surface area (Å²) < 4.78 is 5.04. The molecule has 15 heavy (non-hydrogen) atoms.